The molecule has 23 heavy (non-hydrogen) atoms. The second-order valence-electron chi connectivity index (χ2n) is 6.04. The first kappa shape index (κ1) is 17.8. The van der Waals surface area contributed by atoms with Crippen LogP contribution in [0, 0.1) is 16.0 Å². The number of nitrogens with one attached hydrogen (secondary N) is 1. The van der Waals surface area contributed by atoms with Gasteiger partial charge in [-0.05, 0) is 24.3 Å². The van der Waals surface area contributed by atoms with Crippen molar-refractivity contribution < 1.29 is 13.3 Å². The molecule has 1 saturated carbocycles. The van der Waals surface area contributed by atoms with Crippen LogP contribution in [0.4, 0.5) is 5.69 Å². The second kappa shape index (κ2) is 7.85. The van der Waals surface area contributed by atoms with E-state index in [1.165, 1.54) is 30.7 Å². The molecule has 0 aromatic heterocycles. The van der Waals surface area contributed by atoms with Crippen LogP contribution in [0.5, 0.6) is 0 Å². The van der Waals surface area contributed by atoms with Gasteiger partial charge in [-0.2, -0.15) is 0 Å². The van der Waals surface area contributed by atoms with Gasteiger partial charge in [0.1, 0.15) is 0 Å². The van der Waals surface area contributed by atoms with Gasteiger partial charge in [0.15, 0.2) is 0 Å². The van der Waals surface area contributed by atoms with Crippen molar-refractivity contribution in [2.24, 2.45) is 11.7 Å². The smallest absolute Gasteiger partial charge is 0.269 e. The Kier molecular flexibility index (Phi) is 6.09. The minimum absolute atomic E-state index is 0.0545. The zero-order valence-corrected chi connectivity index (χ0v) is 13.8. The van der Waals surface area contributed by atoms with Crippen LogP contribution in [0.25, 0.3) is 0 Å². The minimum Gasteiger partial charge on any atom is -0.329 e. The highest BCUT2D eigenvalue weighted by Crippen LogP contribution is 2.26. The van der Waals surface area contributed by atoms with Gasteiger partial charge in [0.05, 0.1) is 10.7 Å². The number of hydrogen-bond donors (Lipinski definition) is 2. The first-order valence-corrected chi connectivity index (χ1v) is 9.50. The predicted molar refractivity (Wildman–Crippen MR) is 88.3 cm³/mol. The largest absolute Gasteiger partial charge is 0.329 e. The van der Waals surface area contributed by atoms with E-state index in [1.54, 1.807) is 0 Å². The lowest BCUT2D eigenvalue weighted by atomic mass is 9.84. The number of nitrogens with two attached hydrogens (primary N) is 1. The monoisotopic (exact) mass is 341 g/mol. The third kappa shape index (κ3) is 5.26. The first-order valence-electron chi connectivity index (χ1n) is 7.84. The molecule has 128 valence electrons. The maximum atomic E-state index is 12.3. The van der Waals surface area contributed by atoms with E-state index in [0.717, 1.165) is 25.7 Å². The van der Waals surface area contributed by atoms with Gasteiger partial charge in [0.25, 0.3) is 5.69 Å². The molecule has 0 spiro atoms. The second-order valence-corrected chi connectivity index (χ2v) is 7.79. The van der Waals surface area contributed by atoms with Crippen LogP contribution in [0.2, 0.25) is 0 Å². The van der Waals surface area contributed by atoms with Gasteiger partial charge in [-0.3, -0.25) is 10.1 Å². The van der Waals surface area contributed by atoms with Gasteiger partial charge in [0.2, 0.25) is 10.0 Å². The standard InChI is InChI=1S/C15H23N3O4S/c16-10-15(13-4-2-1-3-5-13)17-23(21,22)11-12-6-8-14(9-7-12)18(19)20/h6-9,13,15,17H,1-5,10-11,16H2. The lowest BCUT2D eigenvalue weighted by Crippen LogP contribution is -2.46. The van der Waals surface area contributed by atoms with Crippen molar-refractivity contribution in [3.05, 3.63) is 39.9 Å². The number of nitro groups is 1. The molecular formula is C15H23N3O4S. The van der Waals surface area contributed by atoms with E-state index in [4.69, 9.17) is 5.73 Å². The van der Waals surface area contributed by atoms with Crippen molar-refractivity contribution in [3.63, 3.8) is 0 Å². The van der Waals surface area contributed by atoms with Crippen molar-refractivity contribution in [2.75, 3.05) is 6.54 Å². The normalized spacial score (nSPS) is 17.8. The van der Waals surface area contributed by atoms with Gasteiger partial charge in [-0.25, -0.2) is 13.1 Å². The highest BCUT2D eigenvalue weighted by molar-refractivity contribution is 7.88. The maximum absolute atomic E-state index is 12.3. The first-order chi connectivity index (χ1) is 10.9. The van der Waals surface area contributed by atoms with E-state index >= 15 is 0 Å². The van der Waals surface area contributed by atoms with Crippen molar-refractivity contribution in [3.8, 4) is 0 Å². The highest BCUT2D eigenvalue weighted by atomic mass is 32.2. The lowest BCUT2D eigenvalue weighted by molar-refractivity contribution is -0.384. The summed E-state index contributed by atoms with van der Waals surface area (Å²) in [6, 6.07) is 5.32. The molecule has 0 heterocycles. The molecule has 7 nitrogen and oxygen atoms in total. The summed E-state index contributed by atoms with van der Waals surface area (Å²) in [7, 11) is -3.53. The number of sulfonamides is 1. The molecule has 1 fully saturated rings. The Morgan fingerprint density at radius 2 is 1.83 bits per heavy atom. The van der Waals surface area contributed by atoms with Crippen LogP contribution >= 0.6 is 0 Å². The van der Waals surface area contributed by atoms with Crippen LogP contribution in [-0.4, -0.2) is 25.9 Å². The van der Waals surface area contributed by atoms with Gasteiger partial charge < -0.3 is 5.73 Å². The number of hydrogen-bond acceptors (Lipinski definition) is 5. The summed E-state index contributed by atoms with van der Waals surface area (Å²) in [6.45, 7) is 0.282. The molecule has 1 atom stereocenters. The zero-order valence-electron chi connectivity index (χ0n) is 13.0. The quantitative estimate of drug-likeness (QED) is 0.581. The highest BCUT2D eigenvalue weighted by Gasteiger charge is 2.26. The molecule has 0 saturated heterocycles. The predicted octanol–water partition coefficient (Wildman–Crippen LogP) is 1.92. The molecule has 1 aromatic carbocycles. The van der Waals surface area contributed by atoms with E-state index in [9.17, 15) is 18.5 Å². The third-order valence-corrected chi connectivity index (χ3v) is 5.68. The molecule has 1 unspecified atom stereocenters. The Bertz CT molecular complexity index is 625. The minimum atomic E-state index is -3.53. The van der Waals surface area contributed by atoms with Crippen LogP contribution < -0.4 is 10.5 Å². The molecule has 2 rings (SSSR count). The van der Waals surface area contributed by atoms with E-state index in [0.29, 0.717) is 11.5 Å². The van der Waals surface area contributed by atoms with Gasteiger partial charge in [-0.1, -0.05) is 31.4 Å². The maximum Gasteiger partial charge on any atom is 0.269 e. The van der Waals surface area contributed by atoms with Crippen LogP contribution in [-0.2, 0) is 15.8 Å². The molecule has 1 aliphatic carbocycles. The van der Waals surface area contributed by atoms with E-state index < -0.39 is 14.9 Å². The zero-order chi connectivity index (χ0) is 16.9. The summed E-state index contributed by atoms with van der Waals surface area (Å²) in [6.07, 6.45) is 5.43. The summed E-state index contributed by atoms with van der Waals surface area (Å²) in [5.74, 6) is 0.0918. The fourth-order valence-electron chi connectivity index (χ4n) is 3.08. The van der Waals surface area contributed by atoms with E-state index in [-0.39, 0.29) is 24.0 Å². The third-order valence-electron chi connectivity index (χ3n) is 4.31. The van der Waals surface area contributed by atoms with Gasteiger partial charge in [-0.15, -0.1) is 0 Å². The fraction of sp³-hybridized carbons (Fsp3) is 0.600. The molecule has 0 amide bonds. The van der Waals surface area contributed by atoms with Crippen LogP contribution in [0.3, 0.4) is 0 Å². The van der Waals surface area contributed by atoms with Crippen molar-refractivity contribution in [1.29, 1.82) is 0 Å². The molecule has 0 bridgehead atoms. The van der Waals surface area contributed by atoms with Crippen molar-refractivity contribution >= 4 is 15.7 Å². The number of nitrogens with zero attached hydrogens (tertiary/aromatic N) is 1. The summed E-state index contributed by atoms with van der Waals surface area (Å²) >= 11 is 0. The lowest BCUT2D eigenvalue weighted by Gasteiger charge is -2.29. The molecule has 8 heteroatoms. The topological polar surface area (TPSA) is 115 Å². The van der Waals surface area contributed by atoms with Crippen LogP contribution in [0.1, 0.15) is 37.7 Å². The summed E-state index contributed by atoms with van der Waals surface area (Å²) in [5, 5.41) is 10.6. The number of benzene rings is 1. The Morgan fingerprint density at radius 3 is 2.35 bits per heavy atom. The number of nitro benzene ring substituents is 1. The molecule has 0 radical (unpaired) electrons. The molecule has 0 aliphatic heterocycles. The summed E-state index contributed by atoms with van der Waals surface area (Å²) in [5.41, 5.74) is 6.22. The SMILES string of the molecule is NCC(NS(=O)(=O)Cc1ccc([N+](=O)[O-])cc1)C1CCCCC1. The van der Waals surface area contributed by atoms with Crippen molar-refractivity contribution in [2.45, 2.75) is 43.9 Å². The Balaban J connectivity index is 2.00. The molecular weight excluding hydrogens is 318 g/mol. The Labute approximate surface area is 136 Å². The fourth-order valence-corrected chi connectivity index (χ4v) is 4.54. The summed E-state index contributed by atoms with van der Waals surface area (Å²) < 4.78 is 27.4. The Hall–Kier alpha value is -1.51. The molecule has 3 N–H and O–H groups in total. The molecule has 1 aromatic rings. The Morgan fingerprint density at radius 1 is 1.22 bits per heavy atom. The average molecular weight is 341 g/mol. The molecule has 1 aliphatic rings. The average Bonchev–Trinajstić information content (AvgIpc) is 2.53. The number of non-ortho nitro benzene ring substituents is 1. The van der Waals surface area contributed by atoms with E-state index in [2.05, 4.69) is 4.72 Å². The van der Waals surface area contributed by atoms with Gasteiger partial charge in [0, 0.05) is 24.7 Å². The van der Waals surface area contributed by atoms with Gasteiger partial charge >= 0.3 is 0 Å². The van der Waals surface area contributed by atoms with Crippen molar-refractivity contribution in [1.82, 2.24) is 4.72 Å². The van der Waals surface area contributed by atoms with E-state index in [1.807, 2.05) is 0 Å². The number of rotatable bonds is 7. The van der Waals surface area contributed by atoms with Crippen LogP contribution in [0.15, 0.2) is 24.3 Å². The summed E-state index contributed by atoms with van der Waals surface area (Å²) in [4.78, 5) is 10.1.